The third-order valence-corrected chi connectivity index (χ3v) is 5.10. The number of rotatable bonds is 6. The van der Waals surface area contributed by atoms with E-state index in [0.717, 1.165) is 17.0 Å². The second kappa shape index (κ2) is 8.27. The third-order valence-electron chi connectivity index (χ3n) is 4.23. The summed E-state index contributed by atoms with van der Waals surface area (Å²) in [6, 6.07) is 11.9. The number of benzene rings is 1. The van der Waals surface area contributed by atoms with Gasteiger partial charge in [0, 0.05) is 17.1 Å². The van der Waals surface area contributed by atoms with Crippen LogP contribution in [0.4, 0.5) is 5.69 Å². The fraction of sp³-hybridized carbons (Fsp3) is 0.368. The molecule has 0 saturated carbocycles. The molecule has 132 valence electrons. The first kappa shape index (κ1) is 17.6. The van der Waals surface area contributed by atoms with E-state index in [1.165, 1.54) is 5.56 Å². The highest BCUT2D eigenvalue weighted by Gasteiger charge is 2.27. The molecule has 2 aromatic rings. The molecule has 1 aromatic carbocycles. The molecule has 3 rings (SSSR count). The molecule has 1 saturated heterocycles. The molecule has 0 radical (unpaired) electrons. The van der Waals surface area contributed by atoms with Gasteiger partial charge in [-0.3, -0.25) is 9.59 Å². The summed E-state index contributed by atoms with van der Waals surface area (Å²) in [5, 5.41) is 4.86. The Morgan fingerprint density at radius 3 is 2.80 bits per heavy atom. The number of hydrogen-bond acceptors (Lipinski definition) is 4. The van der Waals surface area contributed by atoms with Gasteiger partial charge in [-0.15, -0.1) is 11.3 Å². The van der Waals surface area contributed by atoms with Crippen LogP contribution in [0.15, 0.2) is 41.8 Å². The number of hydrogen-bond donors (Lipinski definition) is 1. The number of aryl methyl sites for hydroxylation is 1. The Bertz CT molecular complexity index is 713. The van der Waals surface area contributed by atoms with Crippen LogP contribution in [-0.4, -0.2) is 37.6 Å². The Hall–Kier alpha value is -2.18. The largest absolute Gasteiger partial charge is 0.365 e. The summed E-state index contributed by atoms with van der Waals surface area (Å²) in [6.07, 6.45) is 1.15. The van der Waals surface area contributed by atoms with Crippen molar-refractivity contribution >= 4 is 28.8 Å². The minimum absolute atomic E-state index is 0.0261. The average Bonchev–Trinajstić information content (AvgIpc) is 3.14. The van der Waals surface area contributed by atoms with Crippen LogP contribution in [0.1, 0.15) is 17.4 Å². The molecule has 1 unspecified atom stereocenters. The summed E-state index contributed by atoms with van der Waals surface area (Å²) in [4.78, 5) is 26.9. The van der Waals surface area contributed by atoms with Gasteiger partial charge in [0.1, 0.15) is 6.61 Å². The number of morpholine rings is 1. The minimum atomic E-state index is -0.198. The molecule has 0 spiro atoms. The van der Waals surface area contributed by atoms with Crippen molar-refractivity contribution in [2.75, 3.05) is 24.6 Å². The normalized spacial score (nSPS) is 17.6. The zero-order valence-electron chi connectivity index (χ0n) is 14.2. The fourth-order valence-electron chi connectivity index (χ4n) is 2.77. The van der Waals surface area contributed by atoms with Crippen molar-refractivity contribution in [3.05, 3.63) is 52.2 Å². The quantitative estimate of drug-likeness (QED) is 0.863. The van der Waals surface area contributed by atoms with Gasteiger partial charge in [-0.25, -0.2) is 0 Å². The predicted molar refractivity (Wildman–Crippen MR) is 98.9 cm³/mol. The Balaban J connectivity index is 1.54. The molecule has 0 bridgehead atoms. The Labute approximate surface area is 151 Å². The van der Waals surface area contributed by atoms with Crippen LogP contribution in [0.3, 0.4) is 0 Å². The van der Waals surface area contributed by atoms with Gasteiger partial charge in [0.2, 0.25) is 5.91 Å². The van der Waals surface area contributed by atoms with Gasteiger partial charge in [0.05, 0.1) is 19.1 Å². The molecule has 1 atom stereocenters. The van der Waals surface area contributed by atoms with Crippen molar-refractivity contribution in [2.45, 2.75) is 25.9 Å². The number of nitrogens with one attached hydrogen (secondary N) is 1. The van der Waals surface area contributed by atoms with E-state index >= 15 is 0 Å². The van der Waals surface area contributed by atoms with Crippen molar-refractivity contribution in [3.8, 4) is 0 Å². The number of thiophene rings is 1. The van der Waals surface area contributed by atoms with E-state index in [9.17, 15) is 9.59 Å². The lowest BCUT2D eigenvalue weighted by Gasteiger charge is -2.33. The molecule has 1 aromatic heterocycles. The highest BCUT2D eigenvalue weighted by molar-refractivity contribution is 7.10. The highest BCUT2D eigenvalue weighted by Crippen LogP contribution is 2.19. The summed E-state index contributed by atoms with van der Waals surface area (Å²) in [7, 11) is 0. The number of anilines is 1. The number of carbonyl (C=O) groups is 2. The summed E-state index contributed by atoms with van der Waals surface area (Å²) in [6.45, 7) is 3.00. The van der Waals surface area contributed by atoms with Gasteiger partial charge in [0.25, 0.3) is 5.91 Å². The van der Waals surface area contributed by atoms with E-state index in [4.69, 9.17) is 4.74 Å². The molecule has 1 aliphatic rings. The molecule has 25 heavy (non-hydrogen) atoms. The zero-order chi connectivity index (χ0) is 17.6. The second-order valence-electron chi connectivity index (χ2n) is 6.02. The van der Waals surface area contributed by atoms with Crippen molar-refractivity contribution in [2.24, 2.45) is 0 Å². The lowest BCUT2D eigenvalue weighted by Crippen LogP contribution is -2.50. The molecule has 0 aliphatic carbocycles. The Morgan fingerprint density at radius 1 is 1.32 bits per heavy atom. The topological polar surface area (TPSA) is 58.6 Å². The van der Waals surface area contributed by atoms with Crippen LogP contribution in [0, 0.1) is 0 Å². The molecule has 1 N–H and O–H groups in total. The Morgan fingerprint density at radius 2 is 2.12 bits per heavy atom. The van der Waals surface area contributed by atoms with Crippen LogP contribution < -0.4 is 10.2 Å². The first-order chi connectivity index (χ1) is 12.2. The zero-order valence-corrected chi connectivity index (χ0v) is 15.1. The Kier molecular flexibility index (Phi) is 5.83. The maximum Gasteiger partial charge on any atom is 0.253 e. The van der Waals surface area contributed by atoms with E-state index in [2.05, 4.69) is 12.2 Å². The van der Waals surface area contributed by atoms with Gasteiger partial charge < -0.3 is 15.0 Å². The summed E-state index contributed by atoms with van der Waals surface area (Å²) < 4.78 is 5.57. The van der Waals surface area contributed by atoms with Crippen molar-refractivity contribution in [1.82, 2.24) is 5.32 Å². The molecule has 6 heteroatoms. The van der Waals surface area contributed by atoms with Crippen LogP contribution >= 0.6 is 11.3 Å². The van der Waals surface area contributed by atoms with Crippen LogP contribution in [0.5, 0.6) is 0 Å². The summed E-state index contributed by atoms with van der Waals surface area (Å²) >= 11 is 1.57. The lowest BCUT2D eigenvalue weighted by molar-refractivity contribution is -0.129. The molecule has 1 fully saturated rings. The van der Waals surface area contributed by atoms with Crippen molar-refractivity contribution in [3.63, 3.8) is 0 Å². The van der Waals surface area contributed by atoms with Gasteiger partial charge in [-0.1, -0.05) is 25.1 Å². The molecular weight excluding hydrogens is 336 g/mol. The lowest BCUT2D eigenvalue weighted by atomic mass is 10.1. The first-order valence-corrected chi connectivity index (χ1v) is 9.33. The van der Waals surface area contributed by atoms with Gasteiger partial charge in [0.15, 0.2) is 0 Å². The smallest absolute Gasteiger partial charge is 0.253 e. The standard InChI is InChI=1S/C19H22N2O3S/c1-2-14-5-7-15(8-6-14)21-12-16(24-13-19(21)23)11-20-18(22)10-17-4-3-9-25-17/h3-9,16H,2,10-13H2,1H3,(H,20,22). The van der Waals surface area contributed by atoms with Crippen LogP contribution in [0.25, 0.3) is 0 Å². The maximum atomic E-state index is 12.2. The fourth-order valence-corrected chi connectivity index (χ4v) is 3.47. The first-order valence-electron chi connectivity index (χ1n) is 8.45. The second-order valence-corrected chi connectivity index (χ2v) is 7.05. The molecule has 1 aliphatic heterocycles. The predicted octanol–water partition coefficient (Wildman–Crippen LogP) is 2.40. The van der Waals surface area contributed by atoms with E-state index < -0.39 is 0 Å². The molecule has 2 amide bonds. The number of amides is 2. The van der Waals surface area contributed by atoms with Crippen LogP contribution in [0.2, 0.25) is 0 Å². The monoisotopic (exact) mass is 358 g/mol. The molecular formula is C19H22N2O3S. The van der Waals surface area contributed by atoms with Crippen molar-refractivity contribution in [1.29, 1.82) is 0 Å². The van der Waals surface area contributed by atoms with Gasteiger partial charge in [-0.2, -0.15) is 0 Å². The average molecular weight is 358 g/mol. The molecule has 5 nitrogen and oxygen atoms in total. The van der Waals surface area contributed by atoms with Crippen molar-refractivity contribution < 1.29 is 14.3 Å². The third kappa shape index (κ3) is 4.67. The van der Waals surface area contributed by atoms with Crippen LogP contribution in [-0.2, 0) is 27.2 Å². The number of carbonyl (C=O) groups excluding carboxylic acids is 2. The van der Waals surface area contributed by atoms with E-state index in [1.54, 1.807) is 16.2 Å². The summed E-state index contributed by atoms with van der Waals surface area (Å²) in [5.41, 5.74) is 2.11. The van der Waals surface area contributed by atoms with Gasteiger partial charge in [-0.05, 0) is 35.6 Å². The highest BCUT2D eigenvalue weighted by atomic mass is 32.1. The van der Waals surface area contributed by atoms with E-state index in [0.29, 0.717) is 19.5 Å². The van der Waals surface area contributed by atoms with Gasteiger partial charge >= 0.3 is 0 Å². The van der Waals surface area contributed by atoms with E-state index in [-0.39, 0.29) is 24.5 Å². The maximum absolute atomic E-state index is 12.2. The SMILES string of the molecule is CCc1ccc(N2CC(CNC(=O)Cc3cccs3)OCC2=O)cc1. The number of nitrogens with zero attached hydrogens (tertiary/aromatic N) is 1. The minimum Gasteiger partial charge on any atom is -0.365 e. The number of ether oxygens (including phenoxy) is 1. The summed E-state index contributed by atoms with van der Waals surface area (Å²) in [5.74, 6) is -0.0767. The van der Waals surface area contributed by atoms with E-state index in [1.807, 2.05) is 41.8 Å². The molecule has 2 heterocycles.